The van der Waals surface area contributed by atoms with Gasteiger partial charge in [0, 0.05) is 30.8 Å². The van der Waals surface area contributed by atoms with Gasteiger partial charge in [0.15, 0.2) is 0 Å². The summed E-state index contributed by atoms with van der Waals surface area (Å²) in [4.78, 5) is 11.3. The van der Waals surface area contributed by atoms with Crippen LogP contribution >= 0.6 is 11.6 Å². The Morgan fingerprint density at radius 3 is 2.71 bits per heavy atom. The molecule has 2 N–H and O–H groups in total. The van der Waals surface area contributed by atoms with Crippen molar-refractivity contribution in [2.24, 2.45) is 0 Å². The lowest BCUT2D eigenvalue weighted by atomic mass is 10.1. The summed E-state index contributed by atoms with van der Waals surface area (Å²) < 4.78 is 5.32. The van der Waals surface area contributed by atoms with Gasteiger partial charge < -0.3 is 15.4 Å². The quantitative estimate of drug-likeness (QED) is 0.850. The minimum atomic E-state index is -0.244. The first-order chi connectivity index (χ1) is 8.19. The van der Waals surface area contributed by atoms with Crippen LogP contribution in [0.5, 0.6) is 0 Å². The Hall–Kier alpha value is -1.26. The number of benzene rings is 1. The first-order valence-corrected chi connectivity index (χ1v) is 5.85. The van der Waals surface area contributed by atoms with Gasteiger partial charge in [0.25, 0.3) is 0 Å². The largest absolute Gasteiger partial charge is 0.375 e. The van der Waals surface area contributed by atoms with E-state index in [1.54, 1.807) is 13.2 Å². The van der Waals surface area contributed by atoms with Gasteiger partial charge in [-0.2, -0.15) is 0 Å². The number of methoxy groups -OCH3 is 1. The van der Waals surface area contributed by atoms with Crippen molar-refractivity contribution in [1.29, 1.82) is 0 Å². The van der Waals surface area contributed by atoms with Gasteiger partial charge in [-0.3, -0.25) is 0 Å². The molecule has 0 fully saturated rings. The molecule has 0 bridgehead atoms. The number of rotatable bonds is 5. The Labute approximate surface area is 106 Å². The molecule has 0 aliphatic carbocycles. The topological polar surface area (TPSA) is 50.4 Å². The van der Waals surface area contributed by atoms with Crippen molar-refractivity contribution in [2.75, 3.05) is 20.2 Å². The van der Waals surface area contributed by atoms with Crippen LogP contribution in [0.15, 0.2) is 24.3 Å². The molecule has 1 atom stereocenters. The summed E-state index contributed by atoms with van der Waals surface area (Å²) in [6, 6.07) is 7.22. The lowest BCUT2D eigenvalue weighted by molar-refractivity contribution is 0.104. The van der Waals surface area contributed by atoms with Gasteiger partial charge in [-0.1, -0.05) is 29.8 Å². The molecule has 1 aromatic carbocycles. The maximum absolute atomic E-state index is 11.3. The molecule has 0 heterocycles. The van der Waals surface area contributed by atoms with E-state index in [1.165, 1.54) is 0 Å². The summed E-state index contributed by atoms with van der Waals surface area (Å²) in [6.07, 6.45) is -0.244. The predicted molar refractivity (Wildman–Crippen MR) is 68.3 cm³/mol. The molecule has 0 saturated carbocycles. The Morgan fingerprint density at radius 1 is 1.41 bits per heavy atom. The molecule has 0 aromatic heterocycles. The predicted octanol–water partition coefficient (Wildman–Crippen LogP) is 2.35. The Bertz CT molecular complexity index is 371. The van der Waals surface area contributed by atoms with Crippen molar-refractivity contribution in [3.05, 3.63) is 34.9 Å². The van der Waals surface area contributed by atoms with Gasteiger partial charge in [-0.15, -0.1) is 0 Å². The fourth-order valence-corrected chi connectivity index (χ4v) is 1.72. The lowest BCUT2D eigenvalue weighted by Crippen LogP contribution is -2.37. The first kappa shape index (κ1) is 13.8. The van der Waals surface area contributed by atoms with Crippen LogP contribution in [0.25, 0.3) is 0 Å². The second-order valence-electron chi connectivity index (χ2n) is 3.49. The molecule has 4 nitrogen and oxygen atoms in total. The first-order valence-electron chi connectivity index (χ1n) is 5.48. The van der Waals surface area contributed by atoms with Crippen LogP contribution in [0.2, 0.25) is 5.02 Å². The molecule has 0 radical (unpaired) electrons. The lowest BCUT2D eigenvalue weighted by Gasteiger charge is -2.17. The maximum Gasteiger partial charge on any atom is 0.314 e. The Balaban J connectivity index is 2.60. The van der Waals surface area contributed by atoms with E-state index in [0.29, 0.717) is 18.1 Å². The van der Waals surface area contributed by atoms with E-state index in [4.69, 9.17) is 16.3 Å². The molecule has 94 valence electrons. The standard InChI is InChI=1S/C12H17ClN2O2/c1-3-14-12(16)15-8-11(17-2)9-6-4-5-7-10(9)13/h4-7,11H,3,8H2,1-2H3,(H2,14,15,16). The van der Waals surface area contributed by atoms with Gasteiger partial charge in [0.2, 0.25) is 0 Å². The second-order valence-corrected chi connectivity index (χ2v) is 3.89. The third kappa shape index (κ3) is 4.24. The number of ether oxygens (including phenoxy) is 1. The smallest absolute Gasteiger partial charge is 0.314 e. The zero-order valence-corrected chi connectivity index (χ0v) is 10.8. The number of amides is 2. The van der Waals surface area contributed by atoms with Crippen molar-refractivity contribution in [2.45, 2.75) is 13.0 Å². The zero-order valence-electron chi connectivity index (χ0n) is 10.00. The molecule has 0 saturated heterocycles. The van der Waals surface area contributed by atoms with Gasteiger partial charge in [0.05, 0.1) is 0 Å². The molecular formula is C12H17ClN2O2. The number of halogens is 1. The molecule has 17 heavy (non-hydrogen) atoms. The van der Waals surface area contributed by atoms with Gasteiger partial charge in [-0.25, -0.2) is 4.79 Å². The molecule has 0 aliphatic heterocycles. The molecule has 0 aliphatic rings. The summed E-state index contributed by atoms with van der Waals surface area (Å²) in [5, 5.41) is 6.02. The Kier molecular flexibility index (Phi) is 5.80. The third-order valence-corrected chi connectivity index (χ3v) is 2.67. The highest BCUT2D eigenvalue weighted by Crippen LogP contribution is 2.24. The number of hydrogen-bond acceptors (Lipinski definition) is 2. The van der Waals surface area contributed by atoms with E-state index in [-0.39, 0.29) is 12.1 Å². The van der Waals surface area contributed by atoms with Crippen molar-refractivity contribution in [3.63, 3.8) is 0 Å². The van der Waals surface area contributed by atoms with Crippen molar-refractivity contribution in [3.8, 4) is 0 Å². The van der Waals surface area contributed by atoms with Gasteiger partial charge in [-0.05, 0) is 13.0 Å². The van der Waals surface area contributed by atoms with Crippen molar-refractivity contribution < 1.29 is 9.53 Å². The van der Waals surface area contributed by atoms with Gasteiger partial charge in [0.1, 0.15) is 6.10 Å². The number of carbonyl (C=O) groups excluding carboxylic acids is 1. The van der Waals surface area contributed by atoms with E-state index < -0.39 is 0 Å². The molecule has 1 rings (SSSR count). The molecule has 2 amide bonds. The van der Waals surface area contributed by atoms with Crippen LogP contribution in [0, 0.1) is 0 Å². The van der Waals surface area contributed by atoms with Crippen LogP contribution in [0.3, 0.4) is 0 Å². The molecule has 5 heteroatoms. The second kappa shape index (κ2) is 7.14. The van der Waals surface area contributed by atoms with Crippen LogP contribution in [0.4, 0.5) is 4.79 Å². The molecule has 1 aromatic rings. The summed E-state index contributed by atoms with van der Waals surface area (Å²) in [7, 11) is 1.59. The van der Waals surface area contributed by atoms with E-state index in [1.807, 2.05) is 25.1 Å². The average molecular weight is 257 g/mol. The van der Waals surface area contributed by atoms with Crippen LogP contribution in [-0.2, 0) is 4.74 Å². The van der Waals surface area contributed by atoms with Crippen molar-refractivity contribution in [1.82, 2.24) is 10.6 Å². The fourth-order valence-electron chi connectivity index (χ4n) is 1.46. The molecular weight excluding hydrogens is 240 g/mol. The summed E-state index contributed by atoms with van der Waals surface area (Å²) in [6.45, 7) is 2.84. The normalized spacial score (nSPS) is 11.9. The van der Waals surface area contributed by atoms with E-state index in [9.17, 15) is 4.79 Å². The van der Waals surface area contributed by atoms with Crippen LogP contribution < -0.4 is 10.6 Å². The minimum Gasteiger partial charge on any atom is -0.375 e. The highest BCUT2D eigenvalue weighted by molar-refractivity contribution is 6.31. The van der Waals surface area contributed by atoms with Crippen LogP contribution in [-0.4, -0.2) is 26.2 Å². The highest BCUT2D eigenvalue weighted by Gasteiger charge is 2.14. The number of carbonyl (C=O) groups is 1. The monoisotopic (exact) mass is 256 g/mol. The Morgan fingerprint density at radius 2 is 2.12 bits per heavy atom. The number of nitrogens with one attached hydrogen (secondary N) is 2. The molecule has 1 unspecified atom stereocenters. The average Bonchev–Trinajstić information content (AvgIpc) is 2.32. The maximum atomic E-state index is 11.3. The summed E-state index contributed by atoms with van der Waals surface area (Å²) >= 11 is 6.07. The SMILES string of the molecule is CCNC(=O)NCC(OC)c1ccccc1Cl. The number of urea groups is 1. The van der Waals surface area contributed by atoms with Gasteiger partial charge >= 0.3 is 6.03 Å². The summed E-state index contributed by atoms with van der Waals surface area (Å²) in [5.74, 6) is 0. The highest BCUT2D eigenvalue weighted by atomic mass is 35.5. The number of hydrogen-bond donors (Lipinski definition) is 2. The van der Waals surface area contributed by atoms with Crippen LogP contribution in [0.1, 0.15) is 18.6 Å². The molecule has 0 spiro atoms. The third-order valence-electron chi connectivity index (χ3n) is 2.32. The van der Waals surface area contributed by atoms with E-state index in [0.717, 1.165) is 5.56 Å². The van der Waals surface area contributed by atoms with E-state index >= 15 is 0 Å². The van der Waals surface area contributed by atoms with Crippen molar-refractivity contribution >= 4 is 17.6 Å². The minimum absolute atomic E-state index is 0.207. The zero-order chi connectivity index (χ0) is 12.7. The van der Waals surface area contributed by atoms with E-state index in [2.05, 4.69) is 10.6 Å². The fraction of sp³-hybridized carbons (Fsp3) is 0.417. The summed E-state index contributed by atoms with van der Waals surface area (Å²) in [5.41, 5.74) is 0.869.